The molecular formula is C13H19F3N4. The number of alkyl halides is 3. The summed E-state index contributed by atoms with van der Waals surface area (Å²) in [7, 11) is 0. The molecule has 112 valence electrons. The van der Waals surface area contributed by atoms with Gasteiger partial charge in [-0.25, -0.2) is 0 Å². The molecule has 0 unspecified atom stereocenters. The summed E-state index contributed by atoms with van der Waals surface area (Å²) in [6.45, 7) is 3.00. The van der Waals surface area contributed by atoms with Gasteiger partial charge in [-0.3, -0.25) is 0 Å². The Kier molecular flexibility index (Phi) is 4.47. The highest BCUT2D eigenvalue weighted by atomic mass is 19.4. The van der Waals surface area contributed by atoms with Crippen LogP contribution < -0.4 is 10.2 Å². The van der Waals surface area contributed by atoms with Crippen molar-refractivity contribution < 1.29 is 13.2 Å². The Hall–Kier alpha value is -1.37. The van der Waals surface area contributed by atoms with E-state index in [0.29, 0.717) is 12.6 Å². The molecule has 7 heteroatoms. The molecule has 1 fully saturated rings. The second-order valence-corrected chi connectivity index (χ2v) is 5.37. The van der Waals surface area contributed by atoms with Crippen molar-refractivity contribution in [3.05, 3.63) is 17.8 Å². The molecule has 1 heterocycles. The summed E-state index contributed by atoms with van der Waals surface area (Å²) < 4.78 is 37.6. The Labute approximate surface area is 116 Å². The quantitative estimate of drug-likeness (QED) is 0.873. The van der Waals surface area contributed by atoms with Gasteiger partial charge in [0.1, 0.15) is 6.54 Å². The van der Waals surface area contributed by atoms with E-state index in [1.54, 1.807) is 26.0 Å². The van der Waals surface area contributed by atoms with E-state index in [9.17, 15) is 13.2 Å². The van der Waals surface area contributed by atoms with Gasteiger partial charge in [-0.1, -0.05) is 0 Å². The molecule has 0 amide bonds. The van der Waals surface area contributed by atoms with Crippen molar-refractivity contribution in [3.63, 3.8) is 0 Å². The van der Waals surface area contributed by atoms with Crippen LogP contribution >= 0.6 is 0 Å². The average molecular weight is 288 g/mol. The second-order valence-electron chi connectivity index (χ2n) is 5.37. The van der Waals surface area contributed by atoms with Crippen LogP contribution in [0.3, 0.4) is 0 Å². The number of hydrogen-bond donors (Lipinski definition) is 1. The lowest BCUT2D eigenvalue weighted by Crippen LogP contribution is -2.39. The molecule has 1 aromatic heterocycles. The van der Waals surface area contributed by atoms with Crippen LogP contribution in [0.5, 0.6) is 0 Å². The standard InChI is InChI=1S/C13H19F3N4/c1-9(2)20(8-13(14,15)16)12-6-5-11(18-19-12)7-17-10-3-4-10/h5-6,9-10,17H,3-4,7-8H2,1-2H3. The highest BCUT2D eigenvalue weighted by molar-refractivity contribution is 5.38. The smallest absolute Gasteiger partial charge is 0.344 e. The first-order valence-electron chi connectivity index (χ1n) is 6.74. The predicted octanol–water partition coefficient (Wildman–Crippen LogP) is 2.51. The van der Waals surface area contributed by atoms with E-state index in [0.717, 1.165) is 5.69 Å². The Balaban J connectivity index is 2.00. The van der Waals surface area contributed by atoms with Gasteiger partial charge in [0.15, 0.2) is 5.82 Å². The lowest BCUT2D eigenvalue weighted by Gasteiger charge is -2.28. The third-order valence-corrected chi connectivity index (χ3v) is 3.12. The lowest BCUT2D eigenvalue weighted by molar-refractivity contribution is -0.120. The molecule has 0 radical (unpaired) electrons. The van der Waals surface area contributed by atoms with Gasteiger partial charge >= 0.3 is 6.18 Å². The van der Waals surface area contributed by atoms with Crippen molar-refractivity contribution in [2.75, 3.05) is 11.4 Å². The molecule has 2 rings (SSSR count). The Morgan fingerprint density at radius 2 is 2.00 bits per heavy atom. The Morgan fingerprint density at radius 3 is 2.45 bits per heavy atom. The molecule has 0 atom stereocenters. The fraction of sp³-hybridized carbons (Fsp3) is 0.692. The van der Waals surface area contributed by atoms with Gasteiger partial charge in [0, 0.05) is 18.6 Å². The summed E-state index contributed by atoms with van der Waals surface area (Å²) in [5.41, 5.74) is 0.747. The second kappa shape index (κ2) is 5.95. The van der Waals surface area contributed by atoms with Crippen LogP contribution in [0.25, 0.3) is 0 Å². The maximum atomic E-state index is 12.5. The first-order valence-corrected chi connectivity index (χ1v) is 6.74. The molecule has 20 heavy (non-hydrogen) atoms. The summed E-state index contributed by atoms with van der Waals surface area (Å²) in [6.07, 6.45) is -1.89. The molecule has 0 saturated heterocycles. The van der Waals surface area contributed by atoms with Crippen molar-refractivity contribution in [1.82, 2.24) is 15.5 Å². The zero-order chi connectivity index (χ0) is 14.8. The SMILES string of the molecule is CC(C)N(CC(F)(F)F)c1ccc(CNC2CC2)nn1. The largest absolute Gasteiger partial charge is 0.405 e. The molecule has 1 aliphatic carbocycles. The molecule has 0 bridgehead atoms. The fourth-order valence-corrected chi connectivity index (χ4v) is 1.86. The number of hydrogen-bond acceptors (Lipinski definition) is 4. The minimum atomic E-state index is -4.25. The first kappa shape index (κ1) is 15.0. The van der Waals surface area contributed by atoms with Crippen LogP contribution in [-0.2, 0) is 6.54 Å². The van der Waals surface area contributed by atoms with Gasteiger partial charge in [0.2, 0.25) is 0 Å². The number of aromatic nitrogens is 2. The van der Waals surface area contributed by atoms with Gasteiger partial charge in [-0.05, 0) is 38.8 Å². The van der Waals surface area contributed by atoms with E-state index in [1.807, 2.05) is 0 Å². The third kappa shape index (κ3) is 4.63. The zero-order valence-electron chi connectivity index (χ0n) is 11.6. The van der Waals surface area contributed by atoms with Crippen LogP contribution in [0.2, 0.25) is 0 Å². The van der Waals surface area contributed by atoms with Crippen LogP contribution in [-0.4, -0.2) is 35.0 Å². The van der Waals surface area contributed by atoms with Gasteiger partial charge in [-0.2, -0.15) is 18.3 Å². The van der Waals surface area contributed by atoms with E-state index in [1.165, 1.54) is 17.7 Å². The molecule has 1 aliphatic rings. The molecule has 0 spiro atoms. The molecule has 1 aromatic rings. The van der Waals surface area contributed by atoms with Crippen LogP contribution in [0.4, 0.5) is 19.0 Å². The van der Waals surface area contributed by atoms with Gasteiger partial charge in [-0.15, -0.1) is 5.10 Å². The van der Waals surface area contributed by atoms with E-state index in [4.69, 9.17) is 0 Å². The minimum absolute atomic E-state index is 0.257. The Morgan fingerprint density at radius 1 is 1.30 bits per heavy atom. The number of anilines is 1. The van der Waals surface area contributed by atoms with Crippen LogP contribution in [0.15, 0.2) is 12.1 Å². The molecule has 4 nitrogen and oxygen atoms in total. The third-order valence-electron chi connectivity index (χ3n) is 3.12. The van der Waals surface area contributed by atoms with Crippen molar-refractivity contribution in [3.8, 4) is 0 Å². The minimum Gasteiger partial charge on any atom is -0.344 e. The highest BCUT2D eigenvalue weighted by Gasteiger charge is 2.32. The average Bonchev–Trinajstić information content (AvgIpc) is 3.17. The summed E-state index contributed by atoms with van der Waals surface area (Å²) >= 11 is 0. The monoisotopic (exact) mass is 288 g/mol. The van der Waals surface area contributed by atoms with Crippen molar-refractivity contribution in [1.29, 1.82) is 0 Å². The molecule has 0 aromatic carbocycles. The fourth-order valence-electron chi connectivity index (χ4n) is 1.86. The zero-order valence-corrected chi connectivity index (χ0v) is 11.6. The maximum absolute atomic E-state index is 12.5. The van der Waals surface area contributed by atoms with Crippen molar-refractivity contribution in [2.45, 2.75) is 51.5 Å². The number of nitrogens with one attached hydrogen (secondary N) is 1. The van der Waals surface area contributed by atoms with Gasteiger partial charge < -0.3 is 10.2 Å². The van der Waals surface area contributed by atoms with E-state index in [2.05, 4.69) is 15.5 Å². The number of halogens is 3. The summed E-state index contributed by atoms with van der Waals surface area (Å²) in [5, 5.41) is 11.2. The van der Waals surface area contributed by atoms with E-state index < -0.39 is 12.7 Å². The van der Waals surface area contributed by atoms with E-state index in [-0.39, 0.29) is 11.9 Å². The summed E-state index contributed by atoms with van der Waals surface area (Å²) in [5.74, 6) is 0.257. The summed E-state index contributed by atoms with van der Waals surface area (Å²) in [6, 6.07) is 3.60. The maximum Gasteiger partial charge on any atom is 0.405 e. The van der Waals surface area contributed by atoms with Gasteiger partial charge in [0.25, 0.3) is 0 Å². The normalized spacial score (nSPS) is 15.7. The van der Waals surface area contributed by atoms with Crippen LogP contribution in [0, 0.1) is 0 Å². The number of nitrogens with zero attached hydrogens (tertiary/aromatic N) is 3. The lowest BCUT2D eigenvalue weighted by atomic mass is 10.3. The molecule has 1 N–H and O–H groups in total. The summed E-state index contributed by atoms with van der Waals surface area (Å²) in [4.78, 5) is 1.20. The van der Waals surface area contributed by atoms with Crippen molar-refractivity contribution >= 4 is 5.82 Å². The van der Waals surface area contributed by atoms with Crippen molar-refractivity contribution in [2.24, 2.45) is 0 Å². The molecule has 0 aliphatic heterocycles. The number of rotatable bonds is 6. The van der Waals surface area contributed by atoms with Crippen LogP contribution in [0.1, 0.15) is 32.4 Å². The predicted molar refractivity (Wildman–Crippen MR) is 70.4 cm³/mol. The molecule has 1 saturated carbocycles. The topological polar surface area (TPSA) is 41.0 Å². The molecular weight excluding hydrogens is 269 g/mol. The Bertz CT molecular complexity index is 426. The highest BCUT2D eigenvalue weighted by Crippen LogP contribution is 2.22. The van der Waals surface area contributed by atoms with E-state index >= 15 is 0 Å². The van der Waals surface area contributed by atoms with Gasteiger partial charge in [0.05, 0.1) is 5.69 Å². The first-order chi connectivity index (χ1) is 9.35.